The summed E-state index contributed by atoms with van der Waals surface area (Å²) in [5.74, 6) is -0.273. The Hall–Kier alpha value is -2.11. The van der Waals surface area contributed by atoms with Crippen LogP contribution < -0.4 is 5.56 Å². The van der Waals surface area contributed by atoms with Crippen molar-refractivity contribution in [2.45, 2.75) is 33.2 Å². The van der Waals surface area contributed by atoms with Gasteiger partial charge in [0.2, 0.25) is 0 Å². The summed E-state index contributed by atoms with van der Waals surface area (Å²) >= 11 is 12.7. The second kappa shape index (κ2) is 7.25. The quantitative estimate of drug-likeness (QED) is 0.811. The molecule has 136 valence electrons. The lowest BCUT2D eigenvalue weighted by molar-refractivity contribution is -0.107. The van der Waals surface area contributed by atoms with Gasteiger partial charge in [-0.2, -0.15) is 0 Å². The van der Waals surface area contributed by atoms with Crippen LogP contribution in [-0.4, -0.2) is 28.6 Å². The Balaban J connectivity index is 2.00. The maximum Gasteiger partial charge on any atom is 0.256 e. The lowest BCUT2D eigenvalue weighted by atomic mass is 9.95. The Bertz CT molecular complexity index is 966. The number of pyridine rings is 1. The summed E-state index contributed by atoms with van der Waals surface area (Å²) in [6.45, 7) is 4.32. The van der Waals surface area contributed by atoms with Gasteiger partial charge in [0.25, 0.3) is 11.5 Å². The first kappa shape index (κ1) is 18.7. The van der Waals surface area contributed by atoms with Crippen LogP contribution in [0.4, 0.5) is 0 Å². The lowest BCUT2D eigenvalue weighted by Gasteiger charge is -2.30. The highest BCUT2D eigenvalue weighted by molar-refractivity contribution is 6.37. The van der Waals surface area contributed by atoms with Crippen LogP contribution in [0.15, 0.2) is 16.9 Å². The first-order valence-electron chi connectivity index (χ1n) is 8.25. The number of nitrogens with zero attached hydrogens (tertiary/aromatic N) is 1. The Morgan fingerprint density at radius 1 is 1.23 bits per heavy atom. The number of H-pyrrole nitrogens is 1. The number of amides is 1. The third kappa shape index (κ3) is 3.29. The molecule has 2 heterocycles. The number of nitrogens with one attached hydrogen (secondary N) is 1. The maximum absolute atomic E-state index is 13.0. The highest BCUT2D eigenvalue weighted by Crippen LogP contribution is 2.35. The van der Waals surface area contributed by atoms with E-state index in [1.165, 1.54) is 0 Å². The molecule has 1 amide bonds. The molecule has 3 rings (SSSR count). The summed E-state index contributed by atoms with van der Waals surface area (Å²) in [6.07, 6.45) is 1.36. The Kier molecular flexibility index (Phi) is 5.21. The molecule has 0 aliphatic carbocycles. The molecular formula is C19H18Cl2N2O3. The van der Waals surface area contributed by atoms with Crippen LogP contribution in [0.5, 0.6) is 0 Å². The number of rotatable bonds is 4. The number of aromatic nitrogens is 1. The minimum Gasteiger partial charge on any atom is -0.334 e. The van der Waals surface area contributed by atoms with E-state index in [-0.39, 0.29) is 29.5 Å². The van der Waals surface area contributed by atoms with Crippen molar-refractivity contribution < 1.29 is 9.59 Å². The van der Waals surface area contributed by atoms with Gasteiger partial charge in [0.15, 0.2) is 0 Å². The average molecular weight is 393 g/mol. The fourth-order valence-corrected chi connectivity index (χ4v) is 4.00. The highest BCUT2D eigenvalue weighted by Gasteiger charge is 2.30. The molecule has 0 saturated carbocycles. The SMILES string of the molecule is Cc1cc(C)c(CN2CCc3c(Cl)cc(CC=O)c(Cl)c3C2=O)c(=O)[nH]1. The smallest absolute Gasteiger partial charge is 0.256 e. The Labute approximate surface area is 160 Å². The molecule has 2 aromatic rings. The fourth-order valence-electron chi connectivity index (χ4n) is 3.35. The molecule has 0 fully saturated rings. The van der Waals surface area contributed by atoms with Crippen molar-refractivity contribution in [3.63, 3.8) is 0 Å². The second-order valence-corrected chi connectivity index (χ2v) is 7.26. The van der Waals surface area contributed by atoms with Gasteiger partial charge in [-0.25, -0.2) is 0 Å². The number of carbonyl (C=O) groups excluding carboxylic acids is 2. The molecule has 7 heteroatoms. The first-order chi connectivity index (χ1) is 12.3. The van der Waals surface area contributed by atoms with E-state index in [1.54, 1.807) is 11.0 Å². The van der Waals surface area contributed by atoms with Gasteiger partial charge in [-0.05, 0) is 49.1 Å². The third-order valence-corrected chi connectivity index (χ3v) is 5.44. The summed E-state index contributed by atoms with van der Waals surface area (Å²) in [5, 5.41) is 0.708. The predicted octanol–water partition coefficient (Wildman–Crippen LogP) is 3.24. The van der Waals surface area contributed by atoms with Gasteiger partial charge >= 0.3 is 0 Å². The van der Waals surface area contributed by atoms with Crippen LogP contribution in [0.3, 0.4) is 0 Å². The van der Waals surface area contributed by atoms with E-state index >= 15 is 0 Å². The average Bonchev–Trinajstić information content (AvgIpc) is 2.57. The maximum atomic E-state index is 13.0. The molecule has 0 unspecified atom stereocenters. The van der Waals surface area contributed by atoms with E-state index in [1.807, 2.05) is 19.9 Å². The van der Waals surface area contributed by atoms with E-state index in [2.05, 4.69) is 4.98 Å². The van der Waals surface area contributed by atoms with Gasteiger partial charge in [-0.15, -0.1) is 0 Å². The first-order valence-corrected chi connectivity index (χ1v) is 9.01. The van der Waals surface area contributed by atoms with E-state index in [4.69, 9.17) is 23.2 Å². The van der Waals surface area contributed by atoms with Gasteiger partial charge in [0, 0.05) is 29.2 Å². The van der Waals surface area contributed by atoms with Gasteiger partial charge in [0.05, 0.1) is 17.1 Å². The molecule has 0 spiro atoms. The number of benzene rings is 1. The highest BCUT2D eigenvalue weighted by atomic mass is 35.5. The zero-order valence-corrected chi connectivity index (χ0v) is 16.0. The van der Waals surface area contributed by atoms with Gasteiger partial charge in [-0.1, -0.05) is 23.2 Å². The number of aldehydes is 1. The Morgan fingerprint density at radius 2 is 1.96 bits per heavy atom. The zero-order chi connectivity index (χ0) is 19.0. The molecule has 0 bridgehead atoms. The van der Waals surface area contributed by atoms with Crippen molar-refractivity contribution in [2.75, 3.05) is 6.54 Å². The summed E-state index contributed by atoms with van der Waals surface area (Å²) in [5.41, 5.74) is 3.54. The number of hydrogen-bond acceptors (Lipinski definition) is 3. The van der Waals surface area contributed by atoms with Gasteiger partial charge < -0.3 is 14.7 Å². The van der Waals surface area contributed by atoms with Crippen LogP contribution in [0.1, 0.15) is 38.3 Å². The minimum atomic E-state index is -0.273. The summed E-state index contributed by atoms with van der Waals surface area (Å²) in [6, 6.07) is 3.53. The molecule has 0 saturated heterocycles. The molecular weight excluding hydrogens is 375 g/mol. The van der Waals surface area contributed by atoms with Gasteiger partial charge in [0.1, 0.15) is 6.29 Å². The number of aryl methyl sites for hydroxylation is 2. The predicted molar refractivity (Wildman–Crippen MR) is 101 cm³/mol. The van der Waals surface area contributed by atoms with Crippen molar-refractivity contribution in [1.29, 1.82) is 0 Å². The molecule has 0 radical (unpaired) electrons. The monoisotopic (exact) mass is 392 g/mol. The normalized spacial score (nSPS) is 13.7. The molecule has 1 aromatic heterocycles. The number of aromatic amines is 1. The van der Waals surface area contributed by atoms with Crippen LogP contribution >= 0.6 is 23.2 Å². The van der Waals surface area contributed by atoms with Crippen molar-refractivity contribution in [1.82, 2.24) is 9.88 Å². The van der Waals surface area contributed by atoms with Crippen molar-refractivity contribution in [2.24, 2.45) is 0 Å². The van der Waals surface area contributed by atoms with Crippen molar-refractivity contribution in [3.8, 4) is 0 Å². The largest absolute Gasteiger partial charge is 0.334 e. The standard InChI is InChI=1S/C19H18Cl2N2O3/c1-10-7-11(2)22-18(25)14(10)9-23-5-3-13-15(20)8-12(4-6-24)17(21)16(13)19(23)26/h6-8H,3-5,9H2,1-2H3,(H,22,25). The number of hydrogen-bond donors (Lipinski definition) is 1. The molecule has 1 aliphatic heterocycles. The number of fused-ring (bicyclic) bond motifs is 1. The molecule has 5 nitrogen and oxygen atoms in total. The van der Waals surface area contributed by atoms with E-state index < -0.39 is 0 Å². The van der Waals surface area contributed by atoms with Crippen LogP contribution in [0.2, 0.25) is 10.0 Å². The van der Waals surface area contributed by atoms with E-state index in [0.29, 0.717) is 40.2 Å². The minimum absolute atomic E-state index is 0.0931. The van der Waals surface area contributed by atoms with Gasteiger partial charge in [-0.3, -0.25) is 9.59 Å². The lowest BCUT2D eigenvalue weighted by Crippen LogP contribution is -2.39. The summed E-state index contributed by atoms with van der Waals surface area (Å²) < 4.78 is 0. The van der Waals surface area contributed by atoms with Crippen molar-refractivity contribution >= 4 is 35.4 Å². The second-order valence-electron chi connectivity index (χ2n) is 6.48. The number of carbonyl (C=O) groups is 2. The summed E-state index contributed by atoms with van der Waals surface area (Å²) in [4.78, 5) is 40.5. The molecule has 1 aliphatic rings. The van der Waals surface area contributed by atoms with Crippen molar-refractivity contribution in [3.05, 3.63) is 66.0 Å². The topological polar surface area (TPSA) is 70.2 Å². The van der Waals surface area contributed by atoms with Crippen LogP contribution in [0, 0.1) is 13.8 Å². The third-order valence-electron chi connectivity index (χ3n) is 4.67. The molecule has 1 N–H and O–H groups in total. The fraction of sp³-hybridized carbons (Fsp3) is 0.316. The Morgan fingerprint density at radius 3 is 2.62 bits per heavy atom. The van der Waals surface area contributed by atoms with E-state index in [9.17, 15) is 14.4 Å². The van der Waals surface area contributed by atoms with Crippen LogP contribution in [0.25, 0.3) is 0 Å². The molecule has 0 atom stereocenters. The summed E-state index contributed by atoms with van der Waals surface area (Å²) in [7, 11) is 0. The molecule has 1 aromatic carbocycles. The zero-order valence-electron chi connectivity index (χ0n) is 14.5. The van der Waals surface area contributed by atoms with Crippen LogP contribution in [-0.2, 0) is 24.2 Å². The van der Waals surface area contributed by atoms with E-state index in [0.717, 1.165) is 17.5 Å². The molecule has 26 heavy (non-hydrogen) atoms. The number of halogens is 2.